The minimum Gasteiger partial charge on any atom is -0.482 e. The Kier molecular flexibility index (Phi) is 6.16. The van der Waals surface area contributed by atoms with Gasteiger partial charge in [0.05, 0.1) is 5.69 Å². The predicted octanol–water partition coefficient (Wildman–Crippen LogP) is 1.38. The number of esters is 1. The maximum atomic E-state index is 12.1. The SMILES string of the molecule is C=C(C)CN(CC)C(=O)COC(=O)CN1C(=O)COc2ccccc21. The van der Waals surface area contributed by atoms with Crippen molar-refractivity contribution in [3.05, 3.63) is 36.4 Å². The van der Waals surface area contributed by atoms with Crippen molar-refractivity contribution >= 4 is 23.5 Å². The maximum absolute atomic E-state index is 12.1. The van der Waals surface area contributed by atoms with Gasteiger partial charge in [-0.1, -0.05) is 24.3 Å². The molecule has 0 spiro atoms. The molecule has 0 saturated heterocycles. The Morgan fingerprint density at radius 3 is 2.76 bits per heavy atom. The van der Waals surface area contributed by atoms with Crippen LogP contribution in [0.4, 0.5) is 5.69 Å². The first kappa shape index (κ1) is 18.5. The van der Waals surface area contributed by atoms with Crippen LogP contribution >= 0.6 is 0 Å². The van der Waals surface area contributed by atoms with E-state index in [9.17, 15) is 14.4 Å². The van der Waals surface area contributed by atoms with Gasteiger partial charge in [0, 0.05) is 13.1 Å². The molecule has 0 aliphatic carbocycles. The predicted molar refractivity (Wildman–Crippen MR) is 92.3 cm³/mol. The second-order valence-corrected chi connectivity index (χ2v) is 5.76. The summed E-state index contributed by atoms with van der Waals surface area (Å²) in [6.07, 6.45) is 0. The highest BCUT2D eigenvalue weighted by atomic mass is 16.5. The number of ether oxygens (including phenoxy) is 2. The van der Waals surface area contributed by atoms with Crippen LogP contribution in [0.25, 0.3) is 0 Å². The normalized spacial score (nSPS) is 12.9. The third-order valence-corrected chi connectivity index (χ3v) is 3.65. The number of rotatable bonds is 7. The first-order chi connectivity index (χ1) is 11.9. The Labute approximate surface area is 146 Å². The molecule has 0 saturated carbocycles. The van der Waals surface area contributed by atoms with E-state index in [2.05, 4.69) is 6.58 Å². The molecule has 0 radical (unpaired) electrons. The maximum Gasteiger partial charge on any atom is 0.326 e. The highest BCUT2D eigenvalue weighted by Gasteiger charge is 2.27. The fraction of sp³-hybridized carbons (Fsp3) is 0.389. The quantitative estimate of drug-likeness (QED) is 0.551. The summed E-state index contributed by atoms with van der Waals surface area (Å²) >= 11 is 0. The third kappa shape index (κ3) is 4.82. The lowest BCUT2D eigenvalue weighted by atomic mass is 10.2. The highest BCUT2D eigenvalue weighted by Crippen LogP contribution is 2.31. The van der Waals surface area contributed by atoms with Crippen LogP contribution in [-0.4, -0.2) is 55.5 Å². The van der Waals surface area contributed by atoms with Crippen LogP contribution in [0.2, 0.25) is 0 Å². The summed E-state index contributed by atoms with van der Waals surface area (Å²) in [6.45, 7) is 7.59. The van der Waals surface area contributed by atoms with Gasteiger partial charge in [0.15, 0.2) is 13.2 Å². The Morgan fingerprint density at radius 2 is 2.08 bits per heavy atom. The first-order valence-electron chi connectivity index (χ1n) is 8.02. The molecule has 0 fully saturated rings. The highest BCUT2D eigenvalue weighted by molar-refractivity contribution is 6.01. The van der Waals surface area contributed by atoms with E-state index in [1.54, 1.807) is 29.2 Å². The van der Waals surface area contributed by atoms with Crippen molar-refractivity contribution in [2.75, 3.05) is 37.7 Å². The number of hydrogen-bond acceptors (Lipinski definition) is 5. The molecule has 2 amide bonds. The van der Waals surface area contributed by atoms with Gasteiger partial charge in [0.2, 0.25) is 0 Å². The fourth-order valence-corrected chi connectivity index (χ4v) is 2.44. The number of nitrogens with zero attached hydrogens (tertiary/aromatic N) is 2. The van der Waals surface area contributed by atoms with E-state index in [1.807, 2.05) is 13.8 Å². The average molecular weight is 346 g/mol. The van der Waals surface area contributed by atoms with Crippen molar-refractivity contribution in [1.82, 2.24) is 4.90 Å². The summed E-state index contributed by atoms with van der Waals surface area (Å²) in [5, 5.41) is 0. The van der Waals surface area contributed by atoms with Crippen molar-refractivity contribution in [2.24, 2.45) is 0 Å². The van der Waals surface area contributed by atoms with Crippen LogP contribution in [0.5, 0.6) is 5.75 Å². The summed E-state index contributed by atoms with van der Waals surface area (Å²) in [7, 11) is 0. The second-order valence-electron chi connectivity index (χ2n) is 5.76. The minimum absolute atomic E-state index is 0.133. The van der Waals surface area contributed by atoms with E-state index in [0.29, 0.717) is 24.5 Å². The molecule has 0 bridgehead atoms. The van der Waals surface area contributed by atoms with Gasteiger partial charge < -0.3 is 14.4 Å². The molecule has 7 heteroatoms. The molecule has 0 unspecified atom stereocenters. The number of amides is 2. The van der Waals surface area contributed by atoms with E-state index in [1.165, 1.54) is 4.90 Å². The molecular weight excluding hydrogens is 324 g/mol. The summed E-state index contributed by atoms with van der Waals surface area (Å²) in [5.41, 5.74) is 1.36. The monoisotopic (exact) mass is 346 g/mol. The molecule has 2 rings (SSSR count). The van der Waals surface area contributed by atoms with Gasteiger partial charge in [-0.05, 0) is 26.0 Å². The number of anilines is 1. The third-order valence-electron chi connectivity index (χ3n) is 3.65. The van der Waals surface area contributed by atoms with Crippen LogP contribution in [0.1, 0.15) is 13.8 Å². The van der Waals surface area contributed by atoms with Crippen molar-refractivity contribution in [3.63, 3.8) is 0 Å². The number of likely N-dealkylation sites (N-methyl/N-ethyl adjacent to an activating group) is 1. The lowest BCUT2D eigenvalue weighted by Crippen LogP contribution is -2.43. The van der Waals surface area contributed by atoms with Crippen LogP contribution in [0, 0.1) is 0 Å². The van der Waals surface area contributed by atoms with E-state index < -0.39 is 5.97 Å². The number of hydrogen-bond donors (Lipinski definition) is 0. The van der Waals surface area contributed by atoms with E-state index in [4.69, 9.17) is 9.47 Å². The fourth-order valence-electron chi connectivity index (χ4n) is 2.44. The minimum atomic E-state index is -0.648. The molecule has 1 aromatic rings. The zero-order chi connectivity index (χ0) is 18.4. The van der Waals surface area contributed by atoms with Crippen molar-refractivity contribution in [3.8, 4) is 5.75 Å². The van der Waals surface area contributed by atoms with Gasteiger partial charge in [0.1, 0.15) is 12.3 Å². The van der Waals surface area contributed by atoms with Crippen LogP contribution in [0.15, 0.2) is 36.4 Å². The van der Waals surface area contributed by atoms with Gasteiger partial charge in [0.25, 0.3) is 11.8 Å². The Morgan fingerprint density at radius 1 is 1.36 bits per heavy atom. The summed E-state index contributed by atoms with van der Waals surface area (Å²) in [4.78, 5) is 39.0. The van der Waals surface area contributed by atoms with Gasteiger partial charge in [-0.2, -0.15) is 0 Å². The lowest BCUT2D eigenvalue weighted by Gasteiger charge is -2.28. The van der Waals surface area contributed by atoms with Crippen molar-refractivity contribution in [1.29, 1.82) is 0 Å². The molecule has 1 aromatic carbocycles. The number of carbonyl (C=O) groups is 3. The molecule has 0 aromatic heterocycles. The molecule has 0 N–H and O–H groups in total. The molecule has 134 valence electrons. The number of carbonyl (C=O) groups excluding carboxylic acids is 3. The smallest absolute Gasteiger partial charge is 0.326 e. The van der Waals surface area contributed by atoms with E-state index in [0.717, 1.165) is 5.57 Å². The number of benzene rings is 1. The Balaban J connectivity index is 1.93. The van der Waals surface area contributed by atoms with Gasteiger partial charge in [-0.15, -0.1) is 0 Å². The van der Waals surface area contributed by atoms with Gasteiger partial charge in [-0.25, -0.2) is 0 Å². The van der Waals surface area contributed by atoms with Crippen LogP contribution in [0.3, 0.4) is 0 Å². The molecular formula is C18H22N2O5. The molecule has 0 atom stereocenters. The topological polar surface area (TPSA) is 76.2 Å². The molecule has 7 nitrogen and oxygen atoms in total. The lowest BCUT2D eigenvalue weighted by molar-refractivity contribution is -0.151. The van der Waals surface area contributed by atoms with Crippen molar-refractivity contribution in [2.45, 2.75) is 13.8 Å². The molecule has 25 heavy (non-hydrogen) atoms. The van der Waals surface area contributed by atoms with E-state index in [-0.39, 0.29) is 31.6 Å². The largest absolute Gasteiger partial charge is 0.482 e. The van der Waals surface area contributed by atoms with Crippen molar-refractivity contribution < 1.29 is 23.9 Å². The summed E-state index contributed by atoms with van der Waals surface area (Å²) < 4.78 is 10.4. The number of para-hydroxylation sites is 2. The standard InChI is InChI=1S/C18H22N2O5/c1-4-19(9-13(2)3)16(21)11-25-18(23)10-20-14-7-5-6-8-15(14)24-12-17(20)22/h5-8H,2,4,9-12H2,1,3H3. The van der Waals surface area contributed by atoms with Gasteiger partial charge in [-0.3, -0.25) is 19.3 Å². The summed E-state index contributed by atoms with van der Waals surface area (Å²) in [5.74, 6) is -0.749. The molecule has 1 aliphatic rings. The van der Waals surface area contributed by atoms with Crippen LogP contribution < -0.4 is 9.64 Å². The second kappa shape index (κ2) is 8.32. The Hall–Kier alpha value is -2.83. The molecule has 1 heterocycles. The molecule has 1 aliphatic heterocycles. The number of fused-ring (bicyclic) bond motifs is 1. The van der Waals surface area contributed by atoms with Gasteiger partial charge >= 0.3 is 5.97 Å². The zero-order valence-corrected chi connectivity index (χ0v) is 14.5. The van der Waals surface area contributed by atoms with E-state index >= 15 is 0 Å². The van der Waals surface area contributed by atoms with Crippen LogP contribution in [-0.2, 0) is 19.1 Å². The summed E-state index contributed by atoms with van der Waals surface area (Å²) in [6, 6.07) is 6.95. The average Bonchev–Trinajstić information content (AvgIpc) is 2.60. The Bertz CT molecular complexity index is 686. The first-order valence-corrected chi connectivity index (χ1v) is 8.02. The zero-order valence-electron chi connectivity index (χ0n) is 14.5.